The third-order valence-electron chi connectivity index (χ3n) is 5.08. The van der Waals surface area contributed by atoms with Gasteiger partial charge in [-0.3, -0.25) is 19.4 Å². The molecule has 2 aliphatic rings. The largest absolute Gasteiger partial charge is 0.492 e. The minimum atomic E-state index is -0.191. The van der Waals surface area contributed by atoms with Crippen molar-refractivity contribution in [2.45, 2.75) is 19.9 Å². The molecule has 0 unspecified atom stereocenters. The molecule has 0 radical (unpaired) electrons. The Kier molecular flexibility index (Phi) is 5.63. The molecule has 6 nitrogen and oxygen atoms in total. The van der Waals surface area contributed by atoms with E-state index in [0.29, 0.717) is 34.5 Å². The number of amidine groups is 1. The zero-order chi connectivity index (χ0) is 21.3. The quantitative estimate of drug-likeness (QED) is 0.727. The summed E-state index contributed by atoms with van der Waals surface area (Å²) in [6, 6.07) is 14.8. The number of carbonyl (C=O) groups excluding carboxylic acids is 2. The normalized spacial score (nSPS) is 19.5. The van der Waals surface area contributed by atoms with Gasteiger partial charge in [0.25, 0.3) is 5.91 Å². The average Bonchev–Trinajstić information content (AvgIpc) is 3.22. The Morgan fingerprint density at radius 3 is 2.63 bits per heavy atom. The summed E-state index contributed by atoms with van der Waals surface area (Å²) in [5, 5.41) is 0.620. The lowest BCUT2D eigenvalue weighted by Crippen LogP contribution is -2.44. The van der Waals surface area contributed by atoms with E-state index in [0.717, 1.165) is 11.3 Å². The number of aliphatic imine (C=N–C) groups is 1. The van der Waals surface area contributed by atoms with Crippen molar-refractivity contribution >= 4 is 40.1 Å². The SMILES string of the molecule is C=C1c2ccccc2C(=O)N1CC(=O)N1C(=Nc2ccccc2OCC)SC[C@H]1C. The smallest absolute Gasteiger partial charge is 0.259 e. The van der Waals surface area contributed by atoms with Crippen LogP contribution < -0.4 is 4.74 Å². The molecule has 2 aliphatic heterocycles. The molecule has 1 fully saturated rings. The van der Waals surface area contributed by atoms with Crippen LogP contribution in [0, 0.1) is 0 Å². The molecular formula is C23H23N3O3S. The summed E-state index contributed by atoms with van der Waals surface area (Å²) in [4.78, 5) is 33.8. The minimum absolute atomic E-state index is 0.0196. The van der Waals surface area contributed by atoms with Crippen LogP contribution >= 0.6 is 11.8 Å². The molecule has 154 valence electrons. The third-order valence-corrected chi connectivity index (χ3v) is 6.28. The number of rotatable bonds is 5. The lowest BCUT2D eigenvalue weighted by molar-refractivity contribution is -0.128. The van der Waals surface area contributed by atoms with Crippen molar-refractivity contribution in [2.75, 3.05) is 18.9 Å². The Balaban J connectivity index is 1.58. The van der Waals surface area contributed by atoms with Crippen molar-refractivity contribution in [3.05, 3.63) is 66.2 Å². The molecular weight excluding hydrogens is 398 g/mol. The molecule has 0 bridgehead atoms. The monoisotopic (exact) mass is 421 g/mol. The van der Waals surface area contributed by atoms with Crippen LogP contribution in [-0.2, 0) is 4.79 Å². The number of fused-ring (bicyclic) bond motifs is 1. The van der Waals surface area contributed by atoms with Gasteiger partial charge in [0.1, 0.15) is 18.0 Å². The van der Waals surface area contributed by atoms with Crippen molar-refractivity contribution in [3.8, 4) is 5.75 Å². The summed E-state index contributed by atoms with van der Waals surface area (Å²) < 4.78 is 5.66. The van der Waals surface area contributed by atoms with Gasteiger partial charge in [-0.25, -0.2) is 4.99 Å². The molecule has 0 aliphatic carbocycles. The predicted molar refractivity (Wildman–Crippen MR) is 120 cm³/mol. The zero-order valence-electron chi connectivity index (χ0n) is 17.0. The second-order valence-corrected chi connectivity index (χ2v) is 8.09. The van der Waals surface area contributed by atoms with Gasteiger partial charge in [-0.05, 0) is 32.0 Å². The van der Waals surface area contributed by atoms with E-state index >= 15 is 0 Å². The maximum atomic E-state index is 13.2. The highest BCUT2D eigenvalue weighted by Crippen LogP contribution is 2.34. The Bertz CT molecular complexity index is 1010. The van der Waals surface area contributed by atoms with E-state index in [-0.39, 0.29) is 24.4 Å². The van der Waals surface area contributed by atoms with Gasteiger partial charge in [0, 0.05) is 28.6 Å². The van der Waals surface area contributed by atoms with Gasteiger partial charge in [-0.2, -0.15) is 0 Å². The Morgan fingerprint density at radius 2 is 1.90 bits per heavy atom. The first kappa shape index (κ1) is 20.2. The van der Waals surface area contributed by atoms with Gasteiger partial charge in [-0.15, -0.1) is 0 Å². The second-order valence-electron chi connectivity index (χ2n) is 7.10. The number of thioether (sulfide) groups is 1. The molecule has 2 aromatic carbocycles. The maximum absolute atomic E-state index is 13.2. The molecule has 1 saturated heterocycles. The van der Waals surface area contributed by atoms with Crippen LogP contribution in [0.1, 0.15) is 29.8 Å². The van der Waals surface area contributed by atoms with E-state index in [1.807, 2.05) is 56.3 Å². The van der Waals surface area contributed by atoms with Crippen LogP contribution in [0.4, 0.5) is 5.69 Å². The van der Waals surface area contributed by atoms with E-state index < -0.39 is 0 Å². The summed E-state index contributed by atoms with van der Waals surface area (Å²) in [5.41, 5.74) is 2.60. The number of carbonyl (C=O) groups is 2. The van der Waals surface area contributed by atoms with Crippen molar-refractivity contribution in [2.24, 2.45) is 4.99 Å². The zero-order valence-corrected chi connectivity index (χ0v) is 17.8. The molecule has 4 rings (SSSR count). The van der Waals surface area contributed by atoms with E-state index in [1.165, 1.54) is 16.7 Å². The summed E-state index contributed by atoms with van der Waals surface area (Å²) in [6.07, 6.45) is 0. The molecule has 2 aromatic rings. The summed E-state index contributed by atoms with van der Waals surface area (Å²) in [5.74, 6) is 1.06. The Hall–Kier alpha value is -3.06. The number of amides is 2. The summed E-state index contributed by atoms with van der Waals surface area (Å²) >= 11 is 1.53. The van der Waals surface area contributed by atoms with E-state index in [2.05, 4.69) is 6.58 Å². The first-order chi connectivity index (χ1) is 14.5. The number of ether oxygens (including phenoxy) is 1. The Morgan fingerprint density at radius 1 is 1.20 bits per heavy atom. The van der Waals surface area contributed by atoms with Crippen molar-refractivity contribution in [1.82, 2.24) is 9.80 Å². The molecule has 0 N–H and O–H groups in total. The predicted octanol–water partition coefficient (Wildman–Crippen LogP) is 4.16. The topological polar surface area (TPSA) is 62.2 Å². The number of nitrogens with zero attached hydrogens (tertiary/aromatic N) is 3. The van der Waals surface area contributed by atoms with Gasteiger partial charge in [0.15, 0.2) is 5.17 Å². The fraction of sp³-hybridized carbons (Fsp3) is 0.261. The molecule has 2 amide bonds. The van der Waals surface area contributed by atoms with Crippen LogP contribution in [0.5, 0.6) is 5.75 Å². The third kappa shape index (κ3) is 3.61. The van der Waals surface area contributed by atoms with E-state index in [9.17, 15) is 9.59 Å². The van der Waals surface area contributed by atoms with Crippen molar-refractivity contribution < 1.29 is 14.3 Å². The molecule has 0 spiro atoms. The van der Waals surface area contributed by atoms with Gasteiger partial charge < -0.3 is 4.74 Å². The lowest BCUT2D eigenvalue weighted by Gasteiger charge is -2.25. The number of benzene rings is 2. The van der Waals surface area contributed by atoms with Crippen LogP contribution in [0.25, 0.3) is 5.70 Å². The van der Waals surface area contributed by atoms with Gasteiger partial charge in [0.2, 0.25) is 5.91 Å². The van der Waals surface area contributed by atoms with Crippen LogP contribution in [-0.4, -0.2) is 51.7 Å². The summed E-state index contributed by atoms with van der Waals surface area (Å²) in [6.45, 7) is 8.40. The van der Waals surface area contributed by atoms with Crippen molar-refractivity contribution in [1.29, 1.82) is 0 Å². The van der Waals surface area contributed by atoms with Crippen molar-refractivity contribution in [3.63, 3.8) is 0 Å². The highest BCUT2D eigenvalue weighted by atomic mass is 32.2. The van der Waals surface area contributed by atoms with Gasteiger partial charge in [-0.1, -0.05) is 48.7 Å². The highest BCUT2D eigenvalue weighted by Gasteiger charge is 2.37. The molecule has 0 saturated carbocycles. The molecule has 2 heterocycles. The molecule has 30 heavy (non-hydrogen) atoms. The number of para-hydroxylation sites is 2. The first-order valence-corrected chi connectivity index (χ1v) is 10.9. The lowest BCUT2D eigenvalue weighted by atomic mass is 10.1. The first-order valence-electron chi connectivity index (χ1n) is 9.86. The van der Waals surface area contributed by atoms with E-state index in [1.54, 1.807) is 11.0 Å². The van der Waals surface area contributed by atoms with Crippen LogP contribution in [0.15, 0.2) is 60.1 Å². The number of hydrogen-bond donors (Lipinski definition) is 0. The fourth-order valence-electron chi connectivity index (χ4n) is 3.61. The molecule has 7 heteroatoms. The molecule has 1 atom stereocenters. The molecule has 0 aromatic heterocycles. The fourth-order valence-corrected chi connectivity index (χ4v) is 4.73. The minimum Gasteiger partial charge on any atom is -0.492 e. The average molecular weight is 422 g/mol. The van der Waals surface area contributed by atoms with E-state index in [4.69, 9.17) is 9.73 Å². The maximum Gasteiger partial charge on any atom is 0.259 e. The standard InChI is InChI=1S/C23H23N3O3S/c1-4-29-20-12-8-7-11-19(20)24-23-26(15(2)14-30-23)21(27)13-25-16(3)17-9-5-6-10-18(17)22(25)28/h5-12,15H,3-4,13-14H2,1-2H3/t15-/m1/s1. The Labute approximate surface area is 180 Å². The van der Waals surface area contributed by atoms with Crippen LogP contribution in [0.3, 0.4) is 0 Å². The van der Waals surface area contributed by atoms with Gasteiger partial charge in [0.05, 0.1) is 6.61 Å². The second kappa shape index (κ2) is 8.36. The highest BCUT2D eigenvalue weighted by molar-refractivity contribution is 8.14. The summed E-state index contributed by atoms with van der Waals surface area (Å²) in [7, 11) is 0. The van der Waals surface area contributed by atoms with Gasteiger partial charge >= 0.3 is 0 Å². The van der Waals surface area contributed by atoms with Crippen LogP contribution in [0.2, 0.25) is 0 Å². The number of hydrogen-bond acceptors (Lipinski definition) is 5.